The van der Waals surface area contributed by atoms with Crippen LogP contribution in [0.1, 0.15) is 12.0 Å². The second kappa shape index (κ2) is 6.89. The molecule has 2 rings (SSSR count). The van der Waals surface area contributed by atoms with Crippen LogP contribution in [0.15, 0.2) is 47.5 Å². The highest BCUT2D eigenvalue weighted by Crippen LogP contribution is 2.16. The average Bonchev–Trinajstić information content (AvgIpc) is 2.48. The van der Waals surface area contributed by atoms with Crippen molar-refractivity contribution in [2.24, 2.45) is 0 Å². The number of carbonyl (C=O) groups excluding carboxylic acids is 1. The molecule has 5 nitrogen and oxygen atoms in total. The van der Waals surface area contributed by atoms with Crippen LogP contribution in [0, 0.1) is 6.92 Å². The van der Waals surface area contributed by atoms with Gasteiger partial charge in [0.25, 0.3) is 0 Å². The van der Waals surface area contributed by atoms with Crippen LogP contribution in [0.4, 0.5) is 5.82 Å². The van der Waals surface area contributed by atoms with Gasteiger partial charge in [0.15, 0.2) is 9.84 Å². The quantitative estimate of drug-likeness (QED) is 0.909. The molecule has 1 aromatic carbocycles. The van der Waals surface area contributed by atoms with Crippen molar-refractivity contribution in [1.29, 1.82) is 0 Å². The Morgan fingerprint density at radius 3 is 2.45 bits per heavy atom. The van der Waals surface area contributed by atoms with E-state index in [-0.39, 0.29) is 17.1 Å². The minimum Gasteiger partial charge on any atom is -0.311 e. The van der Waals surface area contributed by atoms with Gasteiger partial charge in [-0.15, -0.1) is 0 Å². The summed E-state index contributed by atoms with van der Waals surface area (Å²) in [5.74, 6) is -0.264. The maximum atomic E-state index is 12.1. The Bertz CT molecular complexity index is 756. The van der Waals surface area contributed by atoms with E-state index in [9.17, 15) is 13.2 Å². The first-order valence-corrected chi connectivity index (χ1v) is 8.61. The first kappa shape index (κ1) is 16.5. The number of hydrogen-bond acceptors (Lipinski definition) is 4. The van der Waals surface area contributed by atoms with Gasteiger partial charge in [0.2, 0.25) is 5.91 Å². The van der Waals surface area contributed by atoms with Gasteiger partial charge < -0.3 is 5.32 Å². The number of rotatable bonds is 5. The first-order chi connectivity index (χ1) is 10.4. The summed E-state index contributed by atoms with van der Waals surface area (Å²) in [5.41, 5.74) is 0.975. The third-order valence-corrected chi connectivity index (χ3v) is 4.93. The molecular weight excluding hydrogens is 324 g/mol. The standard InChI is InChI=1S/C15H15ClN2O3S/c1-11-2-7-14(17-10-11)18-15(19)8-9-22(20,21)13-5-3-12(16)4-6-13/h2-7,10H,8-9H2,1H3,(H,17,18,19). The maximum absolute atomic E-state index is 12.1. The number of sulfone groups is 1. The van der Waals surface area contributed by atoms with Crippen LogP contribution < -0.4 is 5.32 Å². The monoisotopic (exact) mass is 338 g/mol. The molecule has 1 amide bonds. The van der Waals surface area contributed by atoms with E-state index in [1.165, 1.54) is 24.3 Å². The van der Waals surface area contributed by atoms with Crippen LogP contribution in [-0.2, 0) is 14.6 Å². The van der Waals surface area contributed by atoms with E-state index < -0.39 is 15.7 Å². The summed E-state index contributed by atoms with van der Waals surface area (Å²) in [6.45, 7) is 1.89. The number of hydrogen-bond donors (Lipinski definition) is 1. The number of pyridine rings is 1. The molecule has 0 saturated carbocycles. The molecule has 0 unspecified atom stereocenters. The van der Waals surface area contributed by atoms with Gasteiger partial charge in [-0.05, 0) is 42.8 Å². The number of halogens is 1. The summed E-state index contributed by atoms with van der Waals surface area (Å²) < 4.78 is 24.2. The Labute approximate surface area is 134 Å². The third kappa shape index (κ3) is 4.54. The molecule has 1 aromatic heterocycles. The highest BCUT2D eigenvalue weighted by atomic mass is 35.5. The van der Waals surface area contributed by atoms with Crippen LogP contribution >= 0.6 is 11.6 Å². The predicted octanol–water partition coefficient (Wildman–Crippen LogP) is 2.85. The molecule has 0 aliphatic rings. The van der Waals surface area contributed by atoms with Gasteiger partial charge in [-0.3, -0.25) is 4.79 Å². The minimum atomic E-state index is -3.51. The van der Waals surface area contributed by atoms with Crippen molar-refractivity contribution in [3.05, 3.63) is 53.2 Å². The van der Waals surface area contributed by atoms with Crippen molar-refractivity contribution in [1.82, 2.24) is 4.98 Å². The highest BCUT2D eigenvalue weighted by Gasteiger charge is 2.16. The van der Waals surface area contributed by atoms with Gasteiger partial charge >= 0.3 is 0 Å². The minimum absolute atomic E-state index is 0.138. The SMILES string of the molecule is Cc1ccc(NC(=O)CCS(=O)(=O)c2ccc(Cl)cc2)nc1. The molecule has 0 atom stereocenters. The molecule has 7 heteroatoms. The molecule has 0 aliphatic heterocycles. The van der Waals surface area contributed by atoms with Crippen LogP contribution in [0.2, 0.25) is 5.02 Å². The van der Waals surface area contributed by atoms with Crippen molar-refractivity contribution in [2.75, 3.05) is 11.1 Å². The fourth-order valence-corrected chi connectivity index (χ4v) is 3.10. The lowest BCUT2D eigenvalue weighted by molar-refractivity contribution is -0.115. The molecule has 116 valence electrons. The van der Waals surface area contributed by atoms with Crippen LogP contribution in [0.25, 0.3) is 0 Å². The Balaban J connectivity index is 1.95. The van der Waals surface area contributed by atoms with Crippen LogP contribution in [0.5, 0.6) is 0 Å². The zero-order valence-corrected chi connectivity index (χ0v) is 13.5. The van der Waals surface area contributed by atoms with E-state index in [1.54, 1.807) is 12.3 Å². The van der Waals surface area contributed by atoms with Gasteiger partial charge in [-0.1, -0.05) is 17.7 Å². The van der Waals surface area contributed by atoms with E-state index in [1.807, 2.05) is 13.0 Å². The Morgan fingerprint density at radius 1 is 1.18 bits per heavy atom. The number of anilines is 1. The fraction of sp³-hybridized carbons (Fsp3) is 0.200. The second-order valence-corrected chi connectivity index (χ2v) is 7.34. The number of nitrogens with one attached hydrogen (secondary N) is 1. The zero-order chi connectivity index (χ0) is 16.2. The summed E-state index contributed by atoms with van der Waals surface area (Å²) in [5, 5.41) is 3.03. The Morgan fingerprint density at radius 2 is 1.86 bits per heavy atom. The first-order valence-electron chi connectivity index (χ1n) is 6.58. The molecule has 0 saturated heterocycles. The zero-order valence-electron chi connectivity index (χ0n) is 11.9. The predicted molar refractivity (Wildman–Crippen MR) is 85.7 cm³/mol. The second-order valence-electron chi connectivity index (χ2n) is 4.79. The molecule has 0 aliphatic carbocycles. The molecule has 1 N–H and O–H groups in total. The highest BCUT2D eigenvalue weighted by molar-refractivity contribution is 7.91. The summed E-state index contributed by atoms with van der Waals surface area (Å²) in [4.78, 5) is 16.0. The number of aryl methyl sites for hydroxylation is 1. The van der Waals surface area contributed by atoms with E-state index >= 15 is 0 Å². The maximum Gasteiger partial charge on any atom is 0.226 e. The largest absolute Gasteiger partial charge is 0.311 e. The van der Waals surface area contributed by atoms with Gasteiger partial charge in [-0.2, -0.15) is 0 Å². The van der Waals surface area contributed by atoms with Crippen molar-refractivity contribution in [3.63, 3.8) is 0 Å². The van der Waals surface area contributed by atoms with Crippen molar-refractivity contribution in [3.8, 4) is 0 Å². The number of nitrogens with zero attached hydrogens (tertiary/aromatic N) is 1. The average molecular weight is 339 g/mol. The van der Waals surface area contributed by atoms with E-state index in [0.29, 0.717) is 10.8 Å². The van der Waals surface area contributed by atoms with Crippen molar-refractivity contribution >= 4 is 33.2 Å². The number of benzene rings is 1. The molecular formula is C15H15ClN2O3S. The topological polar surface area (TPSA) is 76.1 Å². The Kier molecular flexibility index (Phi) is 5.15. The summed E-state index contributed by atoms with van der Waals surface area (Å²) in [6.07, 6.45) is 1.49. The number of carbonyl (C=O) groups is 1. The van der Waals surface area contributed by atoms with Gasteiger partial charge in [0.05, 0.1) is 10.6 Å². The molecule has 0 bridgehead atoms. The number of aromatic nitrogens is 1. The molecule has 1 heterocycles. The normalized spacial score (nSPS) is 11.2. The lowest BCUT2D eigenvalue weighted by atomic mass is 10.3. The molecule has 0 fully saturated rings. The van der Waals surface area contributed by atoms with Crippen LogP contribution in [0.3, 0.4) is 0 Å². The fourth-order valence-electron chi connectivity index (χ4n) is 1.73. The van der Waals surface area contributed by atoms with Gasteiger partial charge in [-0.25, -0.2) is 13.4 Å². The summed E-state index contributed by atoms with van der Waals surface area (Å²) >= 11 is 5.72. The van der Waals surface area contributed by atoms with Crippen molar-refractivity contribution in [2.45, 2.75) is 18.2 Å². The van der Waals surface area contributed by atoms with E-state index in [0.717, 1.165) is 5.56 Å². The molecule has 0 radical (unpaired) electrons. The smallest absolute Gasteiger partial charge is 0.226 e. The lowest BCUT2D eigenvalue weighted by Gasteiger charge is -2.06. The third-order valence-electron chi connectivity index (χ3n) is 2.95. The van der Waals surface area contributed by atoms with Crippen molar-refractivity contribution < 1.29 is 13.2 Å². The van der Waals surface area contributed by atoms with Crippen LogP contribution in [-0.4, -0.2) is 25.1 Å². The molecule has 22 heavy (non-hydrogen) atoms. The lowest BCUT2D eigenvalue weighted by Crippen LogP contribution is -2.18. The Hall–Kier alpha value is -1.92. The van der Waals surface area contributed by atoms with E-state index in [4.69, 9.17) is 11.6 Å². The molecule has 0 spiro atoms. The van der Waals surface area contributed by atoms with Gasteiger partial charge in [0, 0.05) is 17.6 Å². The summed E-state index contributed by atoms with van der Waals surface area (Å²) in [6, 6.07) is 9.34. The molecule has 2 aromatic rings. The summed E-state index contributed by atoms with van der Waals surface area (Å²) in [7, 11) is -3.51. The van der Waals surface area contributed by atoms with E-state index in [2.05, 4.69) is 10.3 Å². The number of amides is 1. The van der Waals surface area contributed by atoms with Gasteiger partial charge in [0.1, 0.15) is 5.82 Å².